The van der Waals surface area contributed by atoms with Crippen LogP contribution in [0.5, 0.6) is 5.75 Å². The Balaban J connectivity index is 2.04. The number of nitrogens with two attached hydrogens (primary N) is 1. The van der Waals surface area contributed by atoms with Crippen LogP contribution in [-0.2, 0) is 4.79 Å². The molecule has 158 valence electrons. The SMILES string of the molecule is C=C1C(C(=O)O)=CN2c3c(c(NCCCCC(C)C)c(F)c(N)c31)OCC2(C)C. The maximum atomic E-state index is 15.2. The van der Waals surface area contributed by atoms with Crippen LogP contribution in [0, 0.1) is 11.7 Å². The second-order valence-electron chi connectivity index (χ2n) is 8.77. The van der Waals surface area contributed by atoms with E-state index in [9.17, 15) is 9.90 Å². The highest BCUT2D eigenvalue weighted by atomic mass is 19.1. The van der Waals surface area contributed by atoms with Crippen LogP contribution in [0.4, 0.5) is 21.5 Å². The van der Waals surface area contributed by atoms with Gasteiger partial charge in [0.2, 0.25) is 0 Å². The first kappa shape index (κ1) is 21.0. The van der Waals surface area contributed by atoms with Crippen LogP contribution in [0.15, 0.2) is 18.4 Å². The molecule has 3 rings (SSSR count). The molecule has 0 spiro atoms. The predicted molar refractivity (Wildman–Crippen MR) is 115 cm³/mol. The fourth-order valence-electron chi connectivity index (χ4n) is 3.81. The monoisotopic (exact) mass is 403 g/mol. The lowest BCUT2D eigenvalue weighted by atomic mass is 9.87. The highest BCUT2D eigenvalue weighted by Gasteiger charge is 2.43. The number of carboxylic acids is 1. The van der Waals surface area contributed by atoms with Crippen LogP contribution in [-0.4, -0.2) is 29.8 Å². The molecular weight excluding hydrogens is 373 g/mol. The zero-order chi connectivity index (χ0) is 21.5. The van der Waals surface area contributed by atoms with Crippen LogP contribution in [0.2, 0.25) is 0 Å². The quantitative estimate of drug-likeness (QED) is 0.455. The number of nitrogens with one attached hydrogen (secondary N) is 1. The average Bonchev–Trinajstić information content (AvgIpc) is 2.63. The van der Waals surface area contributed by atoms with Gasteiger partial charge in [-0.15, -0.1) is 0 Å². The number of ether oxygens (including phenoxy) is 1. The van der Waals surface area contributed by atoms with E-state index in [4.69, 9.17) is 10.5 Å². The normalized spacial score (nSPS) is 17.0. The van der Waals surface area contributed by atoms with Gasteiger partial charge in [-0.1, -0.05) is 33.3 Å². The summed E-state index contributed by atoms with van der Waals surface area (Å²) in [6.07, 6.45) is 4.61. The average molecular weight is 403 g/mol. The summed E-state index contributed by atoms with van der Waals surface area (Å²) in [7, 11) is 0. The van der Waals surface area contributed by atoms with Crippen molar-refractivity contribution < 1.29 is 19.0 Å². The Hall–Kier alpha value is -2.70. The van der Waals surface area contributed by atoms with Crippen LogP contribution in [0.1, 0.15) is 52.5 Å². The van der Waals surface area contributed by atoms with Gasteiger partial charge in [-0.3, -0.25) is 0 Å². The third kappa shape index (κ3) is 3.66. The van der Waals surface area contributed by atoms with Crippen molar-refractivity contribution in [3.8, 4) is 5.75 Å². The fourth-order valence-corrected chi connectivity index (χ4v) is 3.81. The van der Waals surface area contributed by atoms with E-state index in [2.05, 4.69) is 25.7 Å². The minimum absolute atomic E-state index is 0.00100. The maximum absolute atomic E-state index is 15.2. The molecule has 0 radical (unpaired) electrons. The van der Waals surface area contributed by atoms with Gasteiger partial charge >= 0.3 is 5.97 Å². The second-order valence-corrected chi connectivity index (χ2v) is 8.77. The van der Waals surface area contributed by atoms with Gasteiger partial charge in [-0.25, -0.2) is 9.18 Å². The zero-order valence-electron chi connectivity index (χ0n) is 17.6. The van der Waals surface area contributed by atoms with Crippen molar-refractivity contribution >= 4 is 28.6 Å². The molecule has 7 heteroatoms. The minimum Gasteiger partial charge on any atom is -0.487 e. The molecule has 1 aromatic carbocycles. The summed E-state index contributed by atoms with van der Waals surface area (Å²) in [6, 6.07) is 0. The van der Waals surface area contributed by atoms with E-state index in [1.807, 2.05) is 18.7 Å². The van der Waals surface area contributed by atoms with Crippen molar-refractivity contribution in [2.24, 2.45) is 5.92 Å². The van der Waals surface area contributed by atoms with Crippen molar-refractivity contribution in [3.05, 3.63) is 29.7 Å². The molecule has 0 atom stereocenters. The summed E-state index contributed by atoms with van der Waals surface area (Å²) in [5.74, 6) is -0.768. The lowest BCUT2D eigenvalue weighted by Crippen LogP contribution is -2.50. The van der Waals surface area contributed by atoms with Crippen molar-refractivity contribution in [2.75, 3.05) is 29.1 Å². The van der Waals surface area contributed by atoms with E-state index < -0.39 is 17.3 Å². The second kappa shape index (κ2) is 7.61. The van der Waals surface area contributed by atoms with Gasteiger partial charge in [0.15, 0.2) is 11.6 Å². The summed E-state index contributed by atoms with van der Waals surface area (Å²) in [4.78, 5) is 13.5. The highest BCUT2D eigenvalue weighted by Crippen LogP contribution is 2.54. The van der Waals surface area contributed by atoms with E-state index in [-0.39, 0.29) is 34.7 Å². The molecule has 2 aliphatic heterocycles. The number of nitrogens with zero attached hydrogens (tertiary/aromatic N) is 1. The molecule has 0 saturated carbocycles. The number of aliphatic carboxylic acids is 1. The number of hydrogen-bond donors (Lipinski definition) is 3. The van der Waals surface area contributed by atoms with Gasteiger partial charge in [0.05, 0.1) is 22.5 Å². The Morgan fingerprint density at radius 1 is 1.45 bits per heavy atom. The van der Waals surface area contributed by atoms with E-state index in [0.717, 1.165) is 19.3 Å². The molecule has 0 bridgehead atoms. The third-order valence-electron chi connectivity index (χ3n) is 5.49. The smallest absolute Gasteiger partial charge is 0.337 e. The number of carboxylic acid groups (broad SMARTS) is 1. The summed E-state index contributed by atoms with van der Waals surface area (Å²) in [5.41, 5.74) is 6.78. The molecule has 2 heterocycles. The molecular formula is C22H30FN3O3. The molecule has 0 fully saturated rings. The number of nitrogen functional groups attached to an aromatic ring is 1. The zero-order valence-corrected chi connectivity index (χ0v) is 17.6. The van der Waals surface area contributed by atoms with Crippen LogP contribution in [0.25, 0.3) is 5.57 Å². The Labute approximate surface area is 171 Å². The molecule has 0 aromatic heterocycles. The number of anilines is 3. The fraction of sp³-hybridized carbons (Fsp3) is 0.500. The summed E-state index contributed by atoms with van der Waals surface area (Å²) in [6.45, 7) is 13.0. The number of rotatable bonds is 7. The first-order chi connectivity index (χ1) is 13.6. The lowest BCUT2D eigenvalue weighted by Gasteiger charge is -2.46. The molecule has 6 nitrogen and oxygen atoms in total. The number of unbranched alkanes of at least 4 members (excludes halogenated alkanes) is 1. The standard InChI is InChI=1S/C22H30FN3O3/c1-12(2)8-6-7-9-25-18-16(23)17(24)15-13(3)14(21(27)28)10-26-19(15)20(18)29-11-22(26,4)5/h10,12,25H,3,6-9,11,24H2,1-2,4-5H3,(H,27,28). The molecule has 4 N–H and O–H groups in total. The van der Waals surface area contributed by atoms with Gasteiger partial charge in [0.1, 0.15) is 12.3 Å². The molecule has 0 saturated heterocycles. The maximum Gasteiger partial charge on any atom is 0.337 e. The minimum atomic E-state index is -1.13. The number of halogens is 1. The van der Waals surface area contributed by atoms with Gasteiger partial charge < -0.3 is 25.8 Å². The topological polar surface area (TPSA) is 87.8 Å². The Morgan fingerprint density at radius 2 is 2.14 bits per heavy atom. The van der Waals surface area contributed by atoms with E-state index in [1.165, 1.54) is 0 Å². The first-order valence-corrected chi connectivity index (χ1v) is 10.0. The first-order valence-electron chi connectivity index (χ1n) is 10.0. The number of hydrogen-bond acceptors (Lipinski definition) is 5. The lowest BCUT2D eigenvalue weighted by molar-refractivity contribution is -0.132. The van der Waals surface area contributed by atoms with E-state index >= 15 is 4.39 Å². The largest absolute Gasteiger partial charge is 0.487 e. The van der Waals surface area contributed by atoms with Gasteiger partial charge in [0, 0.05) is 18.3 Å². The van der Waals surface area contributed by atoms with Crippen molar-refractivity contribution in [1.82, 2.24) is 0 Å². The molecule has 29 heavy (non-hydrogen) atoms. The van der Waals surface area contributed by atoms with Crippen LogP contribution < -0.4 is 20.7 Å². The Morgan fingerprint density at radius 3 is 2.76 bits per heavy atom. The summed E-state index contributed by atoms with van der Waals surface area (Å²) < 4.78 is 21.2. The molecule has 1 aromatic rings. The Kier molecular flexibility index (Phi) is 5.52. The van der Waals surface area contributed by atoms with E-state index in [1.54, 1.807) is 6.20 Å². The summed E-state index contributed by atoms with van der Waals surface area (Å²) >= 11 is 0. The van der Waals surface area contributed by atoms with Gasteiger partial charge in [0.25, 0.3) is 0 Å². The van der Waals surface area contributed by atoms with E-state index in [0.29, 0.717) is 23.9 Å². The molecule has 2 aliphatic rings. The van der Waals surface area contributed by atoms with Crippen LogP contribution >= 0.6 is 0 Å². The molecule has 0 aliphatic carbocycles. The van der Waals surface area contributed by atoms with Gasteiger partial charge in [-0.2, -0.15) is 0 Å². The predicted octanol–water partition coefficient (Wildman–Crippen LogP) is 4.62. The number of benzene rings is 1. The number of carbonyl (C=O) groups is 1. The van der Waals surface area contributed by atoms with Crippen molar-refractivity contribution in [1.29, 1.82) is 0 Å². The van der Waals surface area contributed by atoms with Crippen LogP contribution in [0.3, 0.4) is 0 Å². The molecule has 0 unspecified atom stereocenters. The summed E-state index contributed by atoms with van der Waals surface area (Å²) in [5, 5.41) is 12.7. The highest BCUT2D eigenvalue weighted by molar-refractivity contribution is 6.12. The van der Waals surface area contributed by atoms with Gasteiger partial charge in [-0.05, 0) is 31.8 Å². The Bertz CT molecular complexity index is 890. The van der Waals surface area contributed by atoms with Crippen molar-refractivity contribution in [2.45, 2.75) is 52.5 Å². The van der Waals surface area contributed by atoms with Crippen molar-refractivity contribution in [3.63, 3.8) is 0 Å². The third-order valence-corrected chi connectivity index (χ3v) is 5.49. The molecule has 0 amide bonds.